The molecule has 2 saturated heterocycles. The van der Waals surface area contributed by atoms with Gasteiger partial charge in [-0.15, -0.1) is 0 Å². The minimum atomic E-state index is -2.27. The van der Waals surface area contributed by atoms with Gasteiger partial charge >= 0.3 is 11.9 Å². The Morgan fingerprint density at radius 2 is 1.59 bits per heavy atom. The van der Waals surface area contributed by atoms with Crippen molar-refractivity contribution in [2.45, 2.75) is 44.1 Å². The highest BCUT2D eigenvalue weighted by molar-refractivity contribution is 6.34. The van der Waals surface area contributed by atoms with Gasteiger partial charge in [-0.05, 0) is 62.0 Å². The lowest BCUT2D eigenvalue weighted by Crippen LogP contribution is -2.42. The minimum absolute atomic E-state index is 0.604. The van der Waals surface area contributed by atoms with Gasteiger partial charge in [0.05, 0.1) is 0 Å². The van der Waals surface area contributed by atoms with E-state index in [-0.39, 0.29) is 0 Å². The van der Waals surface area contributed by atoms with Crippen molar-refractivity contribution in [3.63, 3.8) is 0 Å². The topological polar surface area (TPSA) is 140 Å². The van der Waals surface area contributed by atoms with Crippen LogP contribution in [0.25, 0.3) is 0 Å². The van der Waals surface area contributed by atoms with Crippen molar-refractivity contribution in [3.05, 3.63) is 33.8 Å². The predicted molar refractivity (Wildman–Crippen MR) is 119 cm³/mol. The zero-order valence-electron chi connectivity index (χ0n) is 17.6. The number of carboxylic acid groups (broad SMARTS) is 2. The number of halogens is 2. The average molecular weight is 493 g/mol. The molecule has 1 aromatic rings. The molecule has 2 unspecified atom stereocenters. The molecule has 0 bridgehead atoms. The Labute approximate surface area is 196 Å². The second-order valence-corrected chi connectivity index (χ2v) is 8.85. The first-order valence-corrected chi connectivity index (χ1v) is 11.2. The molecule has 0 aromatic heterocycles. The maximum atomic E-state index is 9.77. The molecular weight excluding hydrogens is 463 g/mol. The highest BCUT2D eigenvalue weighted by Crippen LogP contribution is 2.24. The van der Waals surface area contributed by atoms with E-state index in [0.29, 0.717) is 6.04 Å². The van der Waals surface area contributed by atoms with Gasteiger partial charge in [0.25, 0.3) is 0 Å². The summed E-state index contributed by atoms with van der Waals surface area (Å²) in [5.41, 5.74) is 1.20. The summed E-state index contributed by atoms with van der Waals surface area (Å²) in [4.78, 5) is 22.2. The first kappa shape index (κ1) is 26.8. The molecular formula is C21H30Cl2N2O7. The molecule has 2 fully saturated rings. The van der Waals surface area contributed by atoms with Crippen LogP contribution in [0.4, 0.5) is 0 Å². The smallest absolute Gasteiger partial charge is 0.335 e. The fraction of sp³-hybridized carbons (Fsp3) is 0.619. The van der Waals surface area contributed by atoms with Crippen molar-refractivity contribution < 1.29 is 34.8 Å². The fourth-order valence-electron chi connectivity index (χ4n) is 3.80. The number of carbonyl (C=O) groups is 2. The third kappa shape index (κ3) is 8.82. The Hall–Kier alpha value is -1.46. The van der Waals surface area contributed by atoms with Crippen molar-refractivity contribution in [1.82, 2.24) is 10.2 Å². The van der Waals surface area contributed by atoms with Gasteiger partial charge in [-0.2, -0.15) is 0 Å². The van der Waals surface area contributed by atoms with Gasteiger partial charge in [-0.25, -0.2) is 9.59 Å². The molecule has 0 radical (unpaired) electrons. The van der Waals surface area contributed by atoms with Crippen LogP contribution in [0.3, 0.4) is 0 Å². The van der Waals surface area contributed by atoms with E-state index in [1.807, 2.05) is 12.1 Å². The molecule has 2 aliphatic heterocycles. The van der Waals surface area contributed by atoms with E-state index >= 15 is 0 Å². The van der Waals surface area contributed by atoms with Crippen molar-refractivity contribution >= 4 is 35.1 Å². The Balaban J connectivity index is 0.000000309. The molecule has 2 heterocycles. The molecule has 3 atom stereocenters. The van der Waals surface area contributed by atoms with Gasteiger partial charge in [-0.3, -0.25) is 4.90 Å². The molecule has 0 spiro atoms. The summed E-state index contributed by atoms with van der Waals surface area (Å²) in [7, 11) is 0. The molecule has 11 heteroatoms. The van der Waals surface area contributed by atoms with Gasteiger partial charge in [0, 0.05) is 42.4 Å². The summed E-state index contributed by atoms with van der Waals surface area (Å²) < 4.78 is 5.53. The van der Waals surface area contributed by atoms with E-state index in [1.54, 1.807) is 6.07 Å². The lowest BCUT2D eigenvalue weighted by atomic mass is 10.0. The van der Waals surface area contributed by atoms with Crippen molar-refractivity contribution in [1.29, 1.82) is 0 Å². The monoisotopic (exact) mass is 492 g/mol. The number of hydrogen-bond acceptors (Lipinski definition) is 7. The van der Waals surface area contributed by atoms with E-state index < -0.39 is 24.1 Å². The molecule has 2 aliphatic rings. The largest absolute Gasteiger partial charge is 0.479 e. The highest BCUT2D eigenvalue weighted by atomic mass is 35.5. The lowest BCUT2D eigenvalue weighted by Gasteiger charge is -2.36. The number of aliphatic carboxylic acids is 2. The van der Waals surface area contributed by atoms with Gasteiger partial charge in [0.15, 0.2) is 12.2 Å². The van der Waals surface area contributed by atoms with Crippen LogP contribution in [0.2, 0.25) is 10.0 Å². The van der Waals surface area contributed by atoms with Crippen LogP contribution in [-0.4, -0.2) is 88.4 Å². The van der Waals surface area contributed by atoms with Gasteiger partial charge in [0.1, 0.15) is 0 Å². The molecule has 0 aliphatic carbocycles. The van der Waals surface area contributed by atoms with Crippen LogP contribution in [0, 0.1) is 5.92 Å². The minimum Gasteiger partial charge on any atom is -0.479 e. The van der Waals surface area contributed by atoms with Crippen LogP contribution in [0.5, 0.6) is 0 Å². The fourth-order valence-corrected chi connectivity index (χ4v) is 4.37. The summed E-state index contributed by atoms with van der Waals surface area (Å²) in [5, 5.41) is 37.4. The van der Waals surface area contributed by atoms with Crippen LogP contribution in [0.15, 0.2) is 18.2 Å². The highest BCUT2D eigenvalue weighted by Gasteiger charge is 2.29. The molecule has 0 amide bonds. The van der Waals surface area contributed by atoms with Crippen molar-refractivity contribution in [2.75, 3.05) is 32.8 Å². The Morgan fingerprint density at radius 3 is 2.06 bits per heavy atom. The maximum Gasteiger partial charge on any atom is 0.335 e. The number of hydrogen-bond donors (Lipinski definition) is 5. The van der Waals surface area contributed by atoms with Crippen molar-refractivity contribution in [3.8, 4) is 0 Å². The number of rotatable bonds is 8. The molecule has 0 saturated carbocycles. The van der Waals surface area contributed by atoms with Crippen LogP contribution >= 0.6 is 23.2 Å². The standard InChI is InChI=1S/C17H24Cl2N2O.C4H6O6/c18-15-7-14(8-16(19)9-15)12-21(11-13-1-4-20-10-13)17-2-5-22-6-3-17;5-1(3(7)8)2(6)4(9)10/h7-9,13,17,20H,1-6,10-12H2;1-2,5-6H,(H,7,8)(H,9,10)/t13-;/m0./s1. The third-order valence-corrected chi connectivity index (χ3v) is 5.91. The summed E-state index contributed by atoms with van der Waals surface area (Å²) in [6.07, 6.45) is -1.02. The van der Waals surface area contributed by atoms with Gasteiger partial charge < -0.3 is 30.5 Å². The quantitative estimate of drug-likeness (QED) is 0.364. The number of aliphatic hydroxyl groups is 2. The van der Waals surface area contributed by atoms with Crippen LogP contribution in [-0.2, 0) is 20.9 Å². The maximum absolute atomic E-state index is 9.77. The molecule has 1 aromatic carbocycles. The van der Waals surface area contributed by atoms with Crippen molar-refractivity contribution in [2.24, 2.45) is 5.92 Å². The Kier molecular flexibility index (Phi) is 11.1. The number of benzene rings is 1. The number of aliphatic hydroxyl groups excluding tert-OH is 2. The van der Waals surface area contributed by atoms with E-state index in [9.17, 15) is 9.59 Å². The molecule has 3 rings (SSSR count). The summed E-state index contributed by atoms with van der Waals surface area (Å²) >= 11 is 12.3. The number of ether oxygens (including phenoxy) is 1. The molecule has 180 valence electrons. The Morgan fingerprint density at radius 1 is 1.03 bits per heavy atom. The van der Waals surface area contributed by atoms with Crippen LogP contribution < -0.4 is 5.32 Å². The van der Waals surface area contributed by atoms with Gasteiger partial charge in [0.2, 0.25) is 0 Å². The average Bonchev–Trinajstić information content (AvgIpc) is 3.25. The predicted octanol–water partition coefficient (Wildman–Crippen LogP) is 1.46. The molecule has 32 heavy (non-hydrogen) atoms. The third-order valence-electron chi connectivity index (χ3n) is 5.48. The number of carboxylic acids is 2. The Bertz CT molecular complexity index is 717. The SMILES string of the molecule is Clc1cc(Cl)cc(CN(C[C@H]2CCNC2)C2CCOCC2)c1.O=C(O)C(O)C(O)C(=O)O. The summed E-state index contributed by atoms with van der Waals surface area (Å²) in [5.74, 6) is -2.79. The molecule has 5 N–H and O–H groups in total. The zero-order valence-corrected chi connectivity index (χ0v) is 19.1. The van der Waals surface area contributed by atoms with E-state index in [0.717, 1.165) is 68.2 Å². The van der Waals surface area contributed by atoms with E-state index in [4.69, 9.17) is 48.4 Å². The number of nitrogens with zero attached hydrogens (tertiary/aromatic N) is 1. The zero-order chi connectivity index (χ0) is 23.7. The second-order valence-electron chi connectivity index (χ2n) is 7.98. The first-order valence-electron chi connectivity index (χ1n) is 10.5. The normalized spacial score (nSPS) is 21.0. The van der Waals surface area contributed by atoms with E-state index in [1.165, 1.54) is 12.0 Å². The van der Waals surface area contributed by atoms with Crippen LogP contribution in [0.1, 0.15) is 24.8 Å². The first-order chi connectivity index (χ1) is 15.2. The number of nitrogens with one attached hydrogen (secondary N) is 1. The van der Waals surface area contributed by atoms with E-state index in [2.05, 4.69) is 10.2 Å². The summed E-state index contributed by atoms with van der Waals surface area (Å²) in [6, 6.07) is 6.47. The summed E-state index contributed by atoms with van der Waals surface area (Å²) in [6.45, 7) is 6.09. The van der Waals surface area contributed by atoms with Gasteiger partial charge in [-0.1, -0.05) is 23.2 Å². The lowest BCUT2D eigenvalue weighted by molar-refractivity contribution is -0.165. The molecule has 9 nitrogen and oxygen atoms in total. The second kappa shape index (κ2) is 13.3.